The fourth-order valence-electron chi connectivity index (χ4n) is 2.42. The smallest absolute Gasteiger partial charge is 0.236 e. The predicted octanol–water partition coefficient (Wildman–Crippen LogP) is 2.70. The highest BCUT2D eigenvalue weighted by atomic mass is 16.2. The summed E-state index contributed by atoms with van der Waals surface area (Å²) in [5, 5.41) is 0. The van der Waals surface area contributed by atoms with Crippen molar-refractivity contribution in [3.8, 4) is 0 Å². The molecule has 0 aliphatic heterocycles. The average Bonchev–Trinajstić information content (AvgIpc) is 2.36. The molecule has 3 nitrogen and oxygen atoms in total. The minimum absolute atomic E-state index is 0.0350. The third-order valence-electron chi connectivity index (χ3n) is 3.50. The second-order valence-electron chi connectivity index (χ2n) is 5.25. The molecule has 2 N–H and O–H groups in total. The van der Waals surface area contributed by atoms with Crippen LogP contribution in [0, 0.1) is 20.8 Å². The van der Waals surface area contributed by atoms with E-state index in [0.717, 1.165) is 19.4 Å². The van der Waals surface area contributed by atoms with E-state index in [2.05, 4.69) is 39.8 Å². The largest absolute Gasteiger partial charge is 0.337 e. The molecule has 0 saturated carbocycles. The Balaban J connectivity index is 2.92. The first-order chi connectivity index (χ1) is 8.99. The molecule has 0 bridgehead atoms. The molecule has 1 amide bonds. The van der Waals surface area contributed by atoms with E-state index in [1.165, 1.54) is 22.3 Å². The molecule has 1 aromatic carbocycles. The Morgan fingerprint density at radius 1 is 1.21 bits per heavy atom. The van der Waals surface area contributed by atoms with Gasteiger partial charge in [-0.15, -0.1) is 0 Å². The highest BCUT2D eigenvalue weighted by Crippen LogP contribution is 2.18. The van der Waals surface area contributed by atoms with Gasteiger partial charge in [-0.2, -0.15) is 0 Å². The molecular weight excluding hydrogens is 236 g/mol. The van der Waals surface area contributed by atoms with Gasteiger partial charge < -0.3 is 10.6 Å². The van der Waals surface area contributed by atoms with Gasteiger partial charge in [-0.25, -0.2) is 0 Å². The summed E-state index contributed by atoms with van der Waals surface area (Å²) in [6.07, 6.45) is 2.11. The lowest BCUT2D eigenvalue weighted by Crippen LogP contribution is -2.36. The molecule has 3 heteroatoms. The highest BCUT2D eigenvalue weighted by Gasteiger charge is 2.14. The molecule has 0 heterocycles. The maximum atomic E-state index is 11.9. The maximum absolute atomic E-state index is 11.9. The third kappa shape index (κ3) is 4.35. The Kier molecular flexibility index (Phi) is 6.03. The van der Waals surface area contributed by atoms with E-state index in [9.17, 15) is 4.79 Å². The summed E-state index contributed by atoms with van der Waals surface area (Å²) in [7, 11) is 0. The lowest BCUT2D eigenvalue weighted by molar-refractivity contribution is -0.130. The normalized spacial score (nSPS) is 10.6. The second kappa shape index (κ2) is 7.29. The van der Waals surface area contributed by atoms with Gasteiger partial charge in [0, 0.05) is 13.1 Å². The van der Waals surface area contributed by atoms with Crippen LogP contribution in [0.3, 0.4) is 0 Å². The van der Waals surface area contributed by atoms with Crippen LogP contribution in [0.2, 0.25) is 0 Å². The zero-order valence-corrected chi connectivity index (χ0v) is 12.6. The topological polar surface area (TPSA) is 46.3 Å². The van der Waals surface area contributed by atoms with E-state index in [1.807, 2.05) is 4.90 Å². The van der Waals surface area contributed by atoms with Gasteiger partial charge in [0.15, 0.2) is 0 Å². The van der Waals surface area contributed by atoms with Crippen LogP contribution in [0.15, 0.2) is 12.1 Å². The summed E-state index contributed by atoms with van der Waals surface area (Å²) in [5.41, 5.74) is 10.5. The molecule has 0 aliphatic carbocycles. The highest BCUT2D eigenvalue weighted by molar-refractivity contribution is 5.78. The number of hydrogen-bond acceptors (Lipinski definition) is 2. The molecule has 106 valence electrons. The van der Waals surface area contributed by atoms with Crippen LogP contribution in [0.5, 0.6) is 0 Å². The molecule has 0 saturated heterocycles. The summed E-state index contributed by atoms with van der Waals surface area (Å²) < 4.78 is 0. The molecule has 0 aliphatic rings. The first kappa shape index (κ1) is 15.7. The van der Waals surface area contributed by atoms with Crippen LogP contribution in [-0.4, -0.2) is 23.9 Å². The van der Waals surface area contributed by atoms with Crippen molar-refractivity contribution in [1.82, 2.24) is 4.90 Å². The van der Waals surface area contributed by atoms with E-state index < -0.39 is 0 Å². The van der Waals surface area contributed by atoms with E-state index in [0.29, 0.717) is 6.54 Å². The Morgan fingerprint density at radius 3 is 2.26 bits per heavy atom. The van der Waals surface area contributed by atoms with Gasteiger partial charge in [0.05, 0.1) is 6.54 Å². The number of unbranched alkanes of at least 4 members (excludes halogenated alkanes) is 1. The van der Waals surface area contributed by atoms with E-state index in [-0.39, 0.29) is 12.5 Å². The molecule has 0 radical (unpaired) electrons. The van der Waals surface area contributed by atoms with Crippen LogP contribution < -0.4 is 5.73 Å². The summed E-state index contributed by atoms with van der Waals surface area (Å²) >= 11 is 0. The van der Waals surface area contributed by atoms with Gasteiger partial charge in [0.2, 0.25) is 5.91 Å². The molecule has 0 unspecified atom stereocenters. The Labute approximate surface area is 116 Å². The number of carbonyl (C=O) groups is 1. The fraction of sp³-hybridized carbons (Fsp3) is 0.562. The molecular formula is C16H26N2O. The number of aryl methyl sites for hydroxylation is 3. The van der Waals surface area contributed by atoms with Crippen molar-refractivity contribution >= 4 is 5.91 Å². The Bertz CT molecular complexity index is 417. The number of hydrogen-bond donors (Lipinski definition) is 1. The van der Waals surface area contributed by atoms with Crippen molar-refractivity contribution in [1.29, 1.82) is 0 Å². The van der Waals surface area contributed by atoms with Crippen molar-refractivity contribution < 1.29 is 4.79 Å². The molecule has 0 aromatic heterocycles. The molecule has 0 atom stereocenters. The average molecular weight is 262 g/mol. The standard InChI is InChI=1S/C16H26N2O/c1-5-6-7-18(16(19)10-17)11-15-13(3)8-12(2)9-14(15)4/h8-9H,5-7,10-11,17H2,1-4H3. The van der Waals surface area contributed by atoms with Gasteiger partial charge >= 0.3 is 0 Å². The van der Waals surface area contributed by atoms with Crippen LogP contribution in [0.4, 0.5) is 0 Å². The van der Waals surface area contributed by atoms with E-state index >= 15 is 0 Å². The lowest BCUT2D eigenvalue weighted by Gasteiger charge is -2.24. The Morgan fingerprint density at radius 2 is 1.79 bits per heavy atom. The van der Waals surface area contributed by atoms with Gasteiger partial charge in [-0.05, 0) is 43.9 Å². The number of nitrogens with two attached hydrogens (primary N) is 1. The van der Waals surface area contributed by atoms with E-state index in [4.69, 9.17) is 5.73 Å². The second-order valence-corrected chi connectivity index (χ2v) is 5.25. The lowest BCUT2D eigenvalue weighted by atomic mass is 9.99. The summed E-state index contributed by atoms with van der Waals surface area (Å²) in [5.74, 6) is 0.0350. The first-order valence-electron chi connectivity index (χ1n) is 7.04. The molecule has 1 rings (SSSR count). The van der Waals surface area contributed by atoms with Crippen LogP contribution in [-0.2, 0) is 11.3 Å². The van der Waals surface area contributed by atoms with Gasteiger partial charge in [-0.3, -0.25) is 4.79 Å². The number of amides is 1. The number of rotatable bonds is 6. The van der Waals surface area contributed by atoms with Crippen molar-refractivity contribution in [2.45, 2.75) is 47.1 Å². The summed E-state index contributed by atoms with van der Waals surface area (Å²) in [6.45, 7) is 10.0. The van der Waals surface area contributed by atoms with Crippen LogP contribution in [0.25, 0.3) is 0 Å². The summed E-state index contributed by atoms with van der Waals surface area (Å²) in [4.78, 5) is 13.8. The monoisotopic (exact) mass is 262 g/mol. The van der Waals surface area contributed by atoms with Crippen LogP contribution >= 0.6 is 0 Å². The maximum Gasteiger partial charge on any atom is 0.236 e. The SMILES string of the molecule is CCCCN(Cc1c(C)cc(C)cc1C)C(=O)CN. The zero-order valence-electron chi connectivity index (χ0n) is 12.6. The number of nitrogens with zero attached hydrogens (tertiary/aromatic N) is 1. The van der Waals surface area contributed by atoms with Gasteiger partial charge in [0.25, 0.3) is 0 Å². The van der Waals surface area contributed by atoms with Crippen molar-refractivity contribution in [3.63, 3.8) is 0 Å². The third-order valence-corrected chi connectivity index (χ3v) is 3.50. The van der Waals surface area contributed by atoms with Gasteiger partial charge in [0.1, 0.15) is 0 Å². The fourth-order valence-corrected chi connectivity index (χ4v) is 2.42. The van der Waals surface area contributed by atoms with Gasteiger partial charge in [-0.1, -0.05) is 31.0 Å². The quantitative estimate of drug-likeness (QED) is 0.856. The van der Waals surface area contributed by atoms with Crippen molar-refractivity contribution in [2.75, 3.05) is 13.1 Å². The van der Waals surface area contributed by atoms with E-state index in [1.54, 1.807) is 0 Å². The van der Waals surface area contributed by atoms with Crippen molar-refractivity contribution in [2.24, 2.45) is 5.73 Å². The Hall–Kier alpha value is -1.35. The molecule has 19 heavy (non-hydrogen) atoms. The minimum Gasteiger partial charge on any atom is -0.337 e. The minimum atomic E-state index is 0.0350. The summed E-state index contributed by atoms with van der Waals surface area (Å²) in [6, 6.07) is 4.35. The molecule has 0 fully saturated rings. The molecule has 0 spiro atoms. The zero-order chi connectivity index (χ0) is 14.4. The molecule has 1 aromatic rings. The number of benzene rings is 1. The van der Waals surface area contributed by atoms with Crippen LogP contribution in [0.1, 0.15) is 42.0 Å². The predicted molar refractivity (Wildman–Crippen MR) is 80.0 cm³/mol. The van der Waals surface area contributed by atoms with Crippen molar-refractivity contribution in [3.05, 3.63) is 34.4 Å². The first-order valence-corrected chi connectivity index (χ1v) is 7.04. The number of carbonyl (C=O) groups excluding carboxylic acids is 1.